The minimum Gasteiger partial charge on any atom is -0.493 e. The van der Waals surface area contributed by atoms with Crippen molar-refractivity contribution in [3.8, 4) is 11.5 Å². The molecular formula is C24H29N3O5. The zero-order valence-corrected chi connectivity index (χ0v) is 18.7. The minimum atomic E-state index is -0.187. The maximum Gasteiger partial charge on any atom is 0.253 e. The molecule has 0 radical (unpaired) electrons. The monoisotopic (exact) mass is 439 g/mol. The van der Waals surface area contributed by atoms with Gasteiger partial charge in [0.2, 0.25) is 11.8 Å². The molecule has 0 aromatic heterocycles. The van der Waals surface area contributed by atoms with Crippen LogP contribution in [0.25, 0.3) is 0 Å². The van der Waals surface area contributed by atoms with Crippen LogP contribution in [0.15, 0.2) is 42.5 Å². The summed E-state index contributed by atoms with van der Waals surface area (Å²) in [6.07, 6.45) is 0.960. The molecule has 1 saturated heterocycles. The van der Waals surface area contributed by atoms with Crippen molar-refractivity contribution in [1.29, 1.82) is 0 Å². The molecule has 1 fully saturated rings. The molecule has 0 saturated carbocycles. The van der Waals surface area contributed by atoms with Gasteiger partial charge in [-0.25, -0.2) is 0 Å². The zero-order valence-electron chi connectivity index (χ0n) is 18.7. The van der Waals surface area contributed by atoms with E-state index in [-0.39, 0.29) is 24.1 Å². The maximum atomic E-state index is 13.0. The highest BCUT2D eigenvalue weighted by molar-refractivity contribution is 5.96. The Labute approximate surface area is 188 Å². The molecule has 32 heavy (non-hydrogen) atoms. The lowest BCUT2D eigenvalue weighted by molar-refractivity contribution is -0.130. The molecule has 0 spiro atoms. The molecule has 0 unspecified atom stereocenters. The second-order valence-electron chi connectivity index (χ2n) is 7.65. The summed E-state index contributed by atoms with van der Waals surface area (Å²) in [6.45, 7) is 3.53. The molecule has 2 aromatic rings. The fourth-order valence-corrected chi connectivity index (χ4v) is 3.76. The van der Waals surface area contributed by atoms with Crippen molar-refractivity contribution in [2.24, 2.45) is 0 Å². The van der Waals surface area contributed by atoms with Crippen LogP contribution in [0, 0.1) is 0 Å². The van der Waals surface area contributed by atoms with Gasteiger partial charge in [0, 0.05) is 44.4 Å². The normalized spacial score (nSPS) is 13.8. The third-order valence-electron chi connectivity index (χ3n) is 5.37. The van der Waals surface area contributed by atoms with E-state index < -0.39 is 0 Å². The molecule has 0 aliphatic carbocycles. The van der Waals surface area contributed by atoms with Gasteiger partial charge < -0.3 is 24.6 Å². The smallest absolute Gasteiger partial charge is 0.253 e. The molecule has 1 aliphatic rings. The van der Waals surface area contributed by atoms with Crippen molar-refractivity contribution >= 4 is 23.4 Å². The first kappa shape index (κ1) is 23.1. The molecule has 170 valence electrons. The number of nitrogens with zero attached hydrogens (tertiary/aromatic N) is 2. The van der Waals surface area contributed by atoms with Crippen LogP contribution in [-0.4, -0.2) is 67.9 Å². The molecule has 3 rings (SSSR count). The van der Waals surface area contributed by atoms with E-state index in [1.54, 1.807) is 54.4 Å². The van der Waals surface area contributed by atoms with Crippen molar-refractivity contribution in [1.82, 2.24) is 9.80 Å². The summed E-state index contributed by atoms with van der Waals surface area (Å²) < 4.78 is 10.6. The average Bonchev–Trinajstić information content (AvgIpc) is 3.04. The van der Waals surface area contributed by atoms with Gasteiger partial charge in [0.1, 0.15) is 0 Å². The average molecular weight is 440 g/mol. The predicted molar refractivity (Wildman–Crippen MR) is 121 cm³/mol. The summed E-state index contributed by atoms with van der Waals surface area (Å²) in [7, 11) is 3.14. The number of hydrogen-bond acceptors (Lipinski definition) is 5. The standard InChI is InChI=1S/C24H29N3O5/c1-17(28)25-20-7-4-6-19(16-20)24(30)27-11-5-10-26(12-13-27)23(29)15-18-8-9-21(31-2)22(14-18)32-3/h4,6-9,14,16H,5,10-13,15H2,1-3H3,(H,25,28). The van der Waals surface area contributed by atoms with E-state index in [4.69, 9.17) is 9.47 Å². The van der Waals surface area contributed by atoms with E-state index in [0.29, 0.717) is 55.3 Å². The van der Waals surface area contributed by atoms with E-state index in [1.807, 2.05) is 12.1 Å². The van der Waals surface area contributed by atoms with Crippen molar-refractivity contribution in [3.63, 3.8) is 0 Å². The lowest BCUT2D eigenvalue weighted by Crippen LogP contribution is -2.38. The van der Waals surface area contributed by atoms with Gasteiger partial charge >= 0.3 is 0 Å². The lowest BCUT2D eigenvalue weighted by Gasteiger charge is -2.22. The van der Waals surface area contributed by atoms with Crippen molar-refractivity contribution in [2.75, 3.05) is 45.7 Å². The van der Waals surface area contributed by atoms with Crippen LogP contribution in [0.3, 0.4) is 0 Å². The predicted octanol–water partition coefficient (Wildman–Crippen LogP) is 2.58. The van der Waals surface area contributed by atoms with E-state index in [2.05, 4.69) is 5.32 Å². The fraction of sp³-hybridized carbons (Fsp3) is 0.375. The van der Waals surface area contributed by atoms with Crippen molar-refractivity contribution in [2.45, 2.75) is 19.8 Å². The lowest BCUT2D eigenvalue weighted by atomic mass is 10.1. The van der Waals surface area contributed by atoms with E-state index in [1.165, 1.54) is 6.92 Å². The highest BCUT2D eigenvalue weighted by Gasteiger charge is 2.23. The number of benzene rings is 2. The van der Waals surface area contributed by atoms with E-state index in [9.17, 15) is 14.4 Å². The first-order valence-corrected chi connectivity index (χ1v) is 10.6. The fourth-order valence-electron chi connectivity index (χ4n) is 3.76. The van der Waals surface area contributed by atoms with Crippen LogP contribution in [0.2, 0.25) is 0 Å². The number of hydrogen-bond donors (Lipinski definition) is 1. The quantitative estimate of drug-likeness (QED) is 0.748. The highest BCUT2D eigenvalue weighted by Crippen LogP contribution is 2.28. The number of anilines is 1. The van der Waals surface area contributed by atoms with Gasteiger partial charge in [0.05, 0.1) is 20.6 Å². The Morgan fingerprint density at radius 2 is 1.62 bits per heavy atom. The number of methoxy groups -OCH3 is 2. The van der Waals surface area contributed by atoms with Crippen molar-refractivity contribution < 1.29 is 23.9 Å². The first-order valence-electron chi connectivity index (χ1n) is 10.6. The molecule has 1 N–H and O–H groups in total. The van der Waals surface area contributed by atoms with Crippen LogP contribution >= 0.6 is 0 Å². The Balaban J connectivity index is 1.61. The molecule has 8 nitrogen and oxygen atoms in total. The largest absolute Gasteiger partial charge is 0.493 e. The molecular weight excluding hydrogens is 410 g/mol. The summed E-state index contributed by atoms with van der Waals surface area (Å²) in [6, 6.07) is 12.4. The summed E-state index contributed by atoms with van der Waals surface area (Å²) in [5.74, 6) is 0.931. The number of carbonyl (C=O) groups excluding carboxylic acids is 3. The van der Waals surface area contributed by atoms with E-state index in [0.717, 1.165) is 5.56 Å². The van der Waals surface area contributed by atoms with Gasteiger partial charge in [0.25, 0.3) is 5.91 Å². The summed E-state index contributed by atoms with van der Waals surface area (Å²) in [4.78, 5) is 40.7. The second kappa shape index (κ2) is 10.7. The molecule has 1 heterocycles. The van der Waals surface area contributed by atoms with Crippen LogP contribution in [0.5, 0.6) is 11.5 Å². The Morgan fingerprint density at radius 3 is 2.34 bits per heavy atom. The van der Waals surface area contributed by atoms with Crippen LogP contribution < -0.4 is 14.8 Å². The topological polar surface area (TPSA) is 88.2 Å². The minimum absolute atomic E-state index is 0.0131. The summed E-state index contributed by atoms with van der Waals surface area (Å²) >= 11 is 0. The van der Waals surface area contributed by atoms with Gasteiger partial charge in [-0.2, -0.15) is 0 Å². The van der Waals surface area contributed by atoms with Crippen LogP contribution in [0.1, 0.15) is 29.3 Å². The Kier molecular flexibility index (Phi) is 7.70. The van der Waals surface area contributed by atoms with Gasteiger partial charge in [0.15, 0.2) is 11.5 Å². The molecule has 8 heteroatoms. The van der Waals surface area contributed by atoms with Gasteiger partial charge in [-0.05, 0) is 42.3 Å². The van der Waals surface area contributed by atoms with Gasteiger partial charge in [-0.15, -0.1) is 0 Å². The SMILES string of the molecule is COc1ccc(CC(=O)N2CCCN(C(=O)c3cccc(NC(C)=O)c3)CC2)cc1OC. The zero-order chi connectivity index (χ0) is 23.1. The number of ether oxygens (including phenoxy) is 2. The molecule has 3 amide bonds. The van der Waals surface area contributed by atoms with Crippen LogP contribution in [0.4, 0.5) is 5.69 Å². The number of rotatable bonds is 6. The molecule has 0 atom stereocenters. The Morgan fingerprint density at radius 1 is 0.906 bits per heavy atom. The number of carbonyl (C=O) groups is 3. The van der Waals surface area contributed by atoms with Gasteiger partial charge in [-0.3, -0.25) is 14.4 Å². The third kappa shape index (κ3) is 5.78. The second-order valence-corrected chi connectivity index (χ2v) is 7.65. The van der Waals surface area contributed by atoms with Gasteiger partial charge in [-0.1, -0.05) is 12.1 Å². The number of amides is 3. The molecule has 2 aromatic carbocycles. The third-order valence-corrected chi connectivity index (χ3v) is 5.37. The van der Waals surface area contributed by atoms with Crippen molar-refractivity contribution in [3.05, 3.63) is 53.6 Å². The Hall–Kier alpha value is -3.55. The maximum absolute atomic E-state index is 13.0. The Bertz CT molecular complexity index is 991. The highest BCUT2D eigenvalue weighted by atomic mass is 16.5. The molecule has 1 aliphatic heterocycles. The summed E-state index contributed by atoms with van der Waals surface area (Å²) in [5, 5.41) is 2.70. The van der Waals surface area contributed by atoms with Crippen LogP contribution in [-0.2, 0) is 16.0 Å². The first-order chi connectivity index (χ1) is 15.4. The summed E-state index contributed by atoms with van der Waals surface area (Å²) in [5.41, 5.74) is 1.95. The van der Waals surface area contributed by atoms with E-state index >= 15 is 0 Å². The number of nitrogens with one attached hydrogen (secondary N) is 1. The molecule has 0 bridgehead atoms.